The van der Waals surface area contributed by atoms with Crippen molar-refractivity contribution in [1.29, 1.82) is 0 Å². The van der Waals surface area contributed by atoms with Gasteiger partial charge in [0.25, 0.3) is 0 Å². The van der Waals surface area contributed by atoms with Crippen molar-refractivity contribution in [3.05, 3.63) is 41.0 Å². The molecule has 0 radical (unpaired) electrons. The van der Waals surface area contributed by atoms with Gasteiger partial charge < -0.3 is 9.50 Å². The molecular weight excluding hydrogens is 400 g/mol. The molecule has 1 aromatic carbocycles. The first kappa shape index (κ1) is 21.4. The maximum atomic E-state index is 12.8. The molecule has 0 saturated heterocycles. The van der Waals surface area contributed by atoms with Crippen molar-refractivity contribution in [2.45, 2.75) is 64.7 Å². The van der Waals surface area contributed by atoms with Crippen molar-refractivity contribution in [2.24, 2.45) is 22.4 Å². The van der Waals surface area contributed by atoms with Gasteiger partial charge in [0.05, 0.1) is 0 Å². The minimum absolute atomic E-state index is 0.0500. The lowest BCUT2D eigenvalue weighted by molar-refractivity contribution is -0.119. The molecule has 0 unspecified atom stereocenters. The molecule has 7 heteroatoms. The van der Waals surface area contributed by atoms with Crippen LogP contribution in [0.5, 0.6) is 5.75 Å². The van der Waals surface area contributed by atoms with Crippen LogP contribution in [0, 0.1) is 17.3 Å². The molecular formula is C23H32N2O4S. The normalized spacial score (nSPS) is 30.0. The van der Waals surface area contributed by atoms with Crippen LogP contribution in [0.15, 0.2) is 29.8 Å². The number of fused-ring (bicyclic) bond motifs is 5. The fraction of sp³-hybridized carbons (Fsp3) is 0.609. The standard InChI is InChI=1S/C23H32N2O4S/c1-3-4-13-25-22(26)21-10-9-20-19-7-5-15-14-16(29-30(24,27)28)6-8-17(15)18(19)11-12-23(20,21)2/h6,8,10,14,18-20H,3-5,7,9,11-13H2,1-2H3,(H,25,26)(H2,24,27,28)/t18-,19-,20+,23+/m1/s1. The van der Waals surface area contributed by atoms with Gasteiger partial charge in [-0.2, -0.15) is 13.6 Å². The molecule has 4 atom stereocenters. The maximum Gasteiger partial charge on any atom is 0.380 e. The molecule has 30 heavy (non-hydrogen) atoms. The molecule has 3 aliphatic carbocycles. The molecule has 0 bridgehead atoms. The van der Waals surface area contributed by atoms with Gasteiger partial charge in [0.15, 0.2) is 0 Å². The molecule has 1 amide bonds. The molecule has 0 aliphatic heterocycles. The van der Waals surface area contributed by atoms with Crippen LogP contribution in [0.3, 0.4) is 0 Å². The predicted molar refractivity (Wildman–Crippen MR) is 116 cm³/mol. The van der Waals surface area contributed by atoms with Crippen LogP contribution in [-0.4, -0.2) is 20.9 Å². The highest BCUT2D eigenvalue weighted by molar-refractivity contribution is 7.84. The quantitative estimate of drug-likeness (QED) is 0.671. The van der Waals surface area contributed by atoms with Gasteiger partial charge in [-0.1, -0.05) is 32.4 Å². The van der Waals surface area contributed by atoms with E-state index in [4.69, 9.17) is 9.32 Å². The molecule has 1 fully saturated rings. The van der Waals surface area contributed by atoms with Crippen LogP contribution in [0.25, 0.3) is 0 Å². The highest BCUT2D eigenvalue weighted by atomic mass is 32.2. The van der Waals surface area contributed by atoms with Crippen LogP contribution >= 0.6 is 0 Å². The second-order valence-electron chi connectivity index (χ2n) is 9.27. The molecule has 1 saturated carbocycles. The van der Waals surface area contributed by atoms with E-state index in [9.17, 15) is 13.2 Å². The highest BCUT2D eigenvalue weighted by Crippen LogP contribution is 2.61. The van der Waals surface area contributed by atoms with Gasteiger partial charge >= 0.3 is 10.3 Å². The molecule has 3 aliphatic rings. The molecule has 0 spiro atoms. The van der Waals surface area contributed by atoms with Crippen LogP contribution in [0.2, 0.25) is 0 Å². The fourth-order valence-corrected chi connectivity index (χ4v) is 6.51. The summed E-state index contributed by atoms with van der Waals surface area (Å²) >= 11 is 0. The summed E-state index contributed by atoms with van der Waals surface area (Å²) in [7, 11) is -4.01. The molecule has 0 aromatic heterocycles. The number of carbonyl (C=O) groups excluding carboxylic acids is 1. The summed E-state index contributed by atoms with van der Waals surface area (Å²) in [6, 6.07) is 5.54. The maximum absolute atomic E-state index is 12.8. The Morgan fingerprint density at radius 2 is 2.13 bits per heavy atom. The number of hydrogen-bond donors (Lipinski definition) is 2. The van der Waals surface area contributed by atoms with Gasteiger partial charge in [-0.3, -0.25) is 4.79 Å². The van der Waals surface area contributed by atoms with E-state index in [2.05, 4.69) is 25.2 Å². The van der Waals surface area contributed by atoms with Gasteiger partial charge in [-0.25, -0.2) is 0 Å². The van der Waals surface area contributed by atoms with Crippen molar-refractivity contribution in [3.8, 4) is 5.75 Å². The van der Waals surface area contributed by atoms with Crippen molar-refractivity contribution >= 4 is 16.2 Å². The van der Waals surface area contributed by atoms with E-state index in [1.165, 1.54) is 5.56 Å². The summed E-state index contributed by atoms with van der Waals surface area (Å²) in [5, 5.41) is 8.13. The first-order valence-corrected chi connectivity index (χ1v) is 12.5. The van der Waals surface area contributed by atoms with Crippen molar-refractivity contribution in [3.63, 3.8) is 0 Å². The number of allylic oxidation sites excluding steroid dienone is 1. The van der Waals surface area contributed by atoms with E-state index >= 15 is 0 Å². The van der Waals surface area contributed by atoms with Crippen LogP contribution in [0.4, 0.5) is 0 Å². The average molecular weight is 433 g/mol. The van der Waals surface area contributed by atoms with Gasteiger partial charge in [-0.15, -0.1) is 0 Å². The Hall–Kier alpha value is -1.86. The zero-order valence-corrected chi connectivity index (χ0v) is 18.6. The minimum atomic E-state index is -4.01. The number of rotatable bonds is 6. The summed E-state index contributed by atoms with van der Waals surface area (Å²) in [6.07, 6.45) is 9.23. The Morgan fingerprint density at radius 3 is 2.87 bits per heavy atom. The van der Waals surface area contributed by atoms with Gasteiger partial charge in [0.1, 0.15) is 5.75 Å². The lowest BCUT2D eigenvalue weighted by Gasteiger charge is -2.50. The Kier molecular flexibility index (Phi) is 5.70. The molecule has 6 nitrogen and oxygen atoms in total. The number of amides is 1. The van der Waals surface area contributed by atoms with Crippen molar-refractivity contribution in [2.75, 3.05) is 6.54 Å². The van der Waals surface area contributed by atoms with Crippen molar-refractivity contribution in [1.82, 2.24) is 5.32 Å². The zero-order chi connectivity index (χ0) is 21.5. The second kappa shape index (κ2) is 8.00. The topological polar surface area (TPSA) is 98.5 Å². The first-order chi connectivity index (χ1) is 14.2. The van der Waals surface area contributed by atoms with E-state index in [0.29, 0.717) is 17.8 Å². The van der Waals surface area contributed by atoms with Crippen LogP contribution in [-0.2, 0) is 21.5 Å². The Bertz CT molecular complexity index is 971. The second-order valence-corrected chi connectivity index (χ2v) is 10.4. The smallest absolute Gasteiger partial charge is 0.371 e. The number of hydrogen-bond acceptors (Lipinski definition) is 4. The van der Waals surface area contributed by atoms with Crippen LogP contribution in [0.1, 0.15) is 69.4 Å². The third-order valence-corrected chi connectivity index (χ3v) is 7.98. The molecule has 0 heterocycles. The van der Waals surface area contributed by atoms with E-state index in [-0.39, 0.29) is 17.1 Å². The number of aryl methyl sites for hydroxylation is 1. The highest BCUT2D eigenvalue weighted by Gasteiger charge is 2.53. The largest absolute Gasteiger partial charge is 0.380 e. The van der Waals surface area contributed by atoms with Gasteiger partial charge in [-0.05, 0) is 79.5 Å². The summed E-state index contributed by atoms with van der Waals surface area (Å²) in [5.41, 5.74) is 3.40. The van der Waals surface area contributed by atoms with E-state index < -0.39 is 10.3 Å². The van der Waals surface area contributed by atoms with Gasteiger partial charge in [0.2, 0.25) is 5.91 Å². The predicted octanol–water partition coefficient (Wildman–Crippen LogP) is 3.58. The number of unbranched alkanes of at least 4 members (excludes halogenated alkanes) is 1. The van der Waals surface area contributed by atoms with E-state index in [1.54, 1.807) is 6.07 Å². The Balaban J connectivity index is 1.52. The zero-order valence-electron chi connectivity index (χ0n) is 17.8. The number of carbonyl (C=O) groups is 1. The average Bonchev–Trinajstić information content (AvgIpc) is 3.03. The SMILES string of the molecule is CCCCNC(=O)C1=CC[C@H]2[C@@H]3CCc4cc(OS(N)(=O)=O)ccc4[C@H]3CC[C@]12C. The summed E-state index contributed by atoms with van der Waals surface area (Å²) in [6.45, 7) is 5.16. The molecule has 1 aromatic rings. The summed E-state index contributed by atoms with van der Waals surface area (Å²) in [5.74, 6) is 1.87. The molecule has 4 rings (SSSR count). The Labute approximate surface area is 179 Å². The third-order valence-electron chi connectivity index (χ3n) is 7.55. The molecule has 164 valence electrons. The first-order valence-electron chi connectivity index (χ1n) is 11.1. The van der Waals surface area contributed by atoms with E-state index in [0.717, 1.165) is 62.6 Å². The summed E-state index contributed by atoms with van der Waals surface area (Å²) < 4.78 is 27.4. The van der Waals surface area contributed by atoms with Crippen molar-refractivity contribution < 1.29 is 17.4 Å². The number of benzene rings is 1. The number of nitrogens with one attached hydrogen (secondary N) is 1. The van der Waals surface area contributed by atoms with Gasteiger partial charge in [0, 0.05) is 17.5 Å². The molecule has 3 N–H and O–H groups in total. The summed E-state index contributed by atoms with van der Waals surface area (Å²) in [4.78, 5) is 12.8. The lowest BCUT2D eigenvalue weighted by Crippen LogP contribution is -2.44. The third kappa shape index (κ3) is 3.89. The number of nitrogens with two attached hydrogens (primary N) is 1. The minimum Gasteiger partial charge on any atom is -0.371 e. The van der Waals surface area contributed by atoms with Crippen LogP contribution < -0.4 is 14.6 Å². The van der Waals surface area contributed by atoms with E-state index in [1.807, 2.05) is 12.1 Å². The monoisotopic (exact) mass is 432 g/mol. The lowest BCUT2D eigenvalue weighted by atomic mass is 9.54. The Morgan fingerprint density at radius 1 is 1.33 bits per heavy atom. The fourth-order valence-electron chi connectivity index (χ4n) is 6.14.